The number of piperidine rings is 1. The van der Waals surface area contributed by atoms with Crippen molar-refractivity contribution in [3.63, 3.8) is 0 Å². The van der Waals surface area contributed by atoms with Gasteiger partial charge >= 0.3 is 5.97 Å². The number of nitrogens with zero attached hydrogens (tertiary/aromatic N) is 2. The smallest absolute Gasteiger partial charge is 0.343 e. The van der Waals surface area contributed by atoms with Gasteiger partial charge in [0.15, 0.2) is 0 Å². The fourth-order valence-corrected chi connectivity index (χ4v) is 6.02. The summed E-state index contributed by atoms with van der Waals surface area (Å²) in [5.41, 5.74) is 1.33. The zero-order valence-corrected chi connectivity index (χ0v) is 19.1. The van der Waals surface area contributed by atoms with E-state index in [9.17, 15) is 14.0 Å². The van der Waals surface area contributed by atoms with E-state index in [2.05, 4.69) is 23.3 Å². The first-order chi connectivity index (χ1) is 15.4. The third kappa shape index (κ3) is 3.87. The van der Waals surface area contributed by atoms with Crippen molar-refractivity contribution in [1.82, 2.24) is 9.47 Å². The Bertz CT molecular complexity index is 1090. The Morgan fingerprint density at radius 1 is 1.19 bits per heavy atom. The average molecular weight is 441 g/mol. The van der Waals surface area contributed by atoms with E-state index in [1.807, 2.05) is 0 Å². The molecule has 0 bridgehead atoms. The molecule has 3 unspecified atom stereocenters. The van der Waals surface area contributed by atoms with Crippen molar-refractivity contribution >= 4 is 16.9 Å². The molecular formula is C26H33FN2O3. The Hall–Kier alpha value is -2.21. The molecule has 3 atom stereocenters. The second-order valence-electron chi connectivity index (χ2n) is 10.3. The van der Waals surface area contributed by atoms with Gasteiger partial charge in [-0.05, 0) is 62.4 Å². The summed E-state index contributed by atoms with van der Waals surface area (Å²) in [6.45, 7) is 7.71. The van der Waals surface area contributed by atoms with Gasteiger partial charge in [0.2, 0.25) is 5.43 Å². The maximum absolute atomic E-state index is 14.4. The minimum absolute atomic E-state index is 0.0271. The molecule has 1 aromatic carbocycles. The summed E-state index contributed by atoms with van der Waals surface area (Å²) in [6, 6.07) is 3.05. The molecule has 1 aliphatic carbocycles. The third-order valence-corrected chi connectivity index (χ3v) is 7.77. The first-order valence-corrected chi connectivity index (χ1v) is 12.2. The van der Waals surface area contributed by atoms with Crippen LogP contribution in [0.25, 0.3) is 10.9 Å². The van der Waals surface area contributed by atoms with Crippen molar-refractivity contribution in [3.05, 3.63) is 45.5 Å². The molecule has 0 spiro atoms. The summed E-state index contributed by atoms with van der Waals surface area (Å²) in [6.07, 6.45) is 8.30. The van der Waals surface area contributed by atoms with Gasteiger partial charge in [0, 0.05) is 36.0 Å². The average Bonchev–Trinajstić information content (AvgIpc) is 3.10. The third-order valence-electron chi connectivity index (χ3n) is 7.77. The summed E-state index contributed by atoms with van der Waals surface area (Å²) in [7, 11) is 0. The van der Waals surface area contributed by atoms with Gasteiger partial charge in [-0.15, -0.1) is 0 Å². The Labute approximate surface area is 188 Å². The lowest BCUT2D eigenvalue weighted by molar-refractivity contribution is 0.0407. The zero-order chi connectivity index (χ0) is 22.4. The fraction of sp³-hybridized carbons (Fsp3) is 0.615. The number of rotatable bonds is 5. The lowest BCUT2D eigenvalue weighted by atomic mass is 9.82. The van der Waals surface area contributed by atoms with Gasteiger partial charge in [-0.3, -0.25) is 4.79 Å². The number of ether oxygens (including phenoxy) is 1. The number of carbonyl (C=O) groups is 1. The molecule has 5 rings (SSSR count). The summed E-state index contributed by atoms with van der Waals surface area (Å²) < 4.78 is 22.1. The second-order valence-corrected chi connectivity index (χ2v) is 10.3. The maximum atomic E-state index is 14.4. The summed E-state index contributed by atoms with van der Waals surface area (Å²) in [5, 5.41) is 0.305. The number of fused-ring (bicyclic) bond motifs is 3. The SMILES string of the molecule is CC1CCN(CC(C)COC(=O)c2cn3c4c(cc(F)cc4c2=O)C2CCCCC23)CC1. The monoisotopic (exact) mass is 440 g/mol. The van der Waals surface area contributed by atoms with Gasteiger partial charge in [-0.25, -0.2) is 9.18 Å². The van der Waals surface area contributed by atoms with Crippen molar-refractivity contribution < 1.29 is 13.9 Å². The Kier molecular flexibility index (Phi) is 5.82. The van der Waals surface area contributed by atoms with E-state index in [1.54, 1.807) is 12.3 Å². The molecule has 172 valence electrons. The topological polar surface area (TPSA) is 51.5 Å². The Balaban J connectivity index is 1.36. The number of halogens is 1. The van der Waals surface area contributed by atoms with Crippen LogP contribution in [0.5, 0.6) is 0 Å². The molecule has 5 nitrogen and oxygen atoms in total. The van der Waals surface area contributed by atoms with E-state index >= 15 is 0 Å². The number of pyridine rings is 1. The lowest BCUT2D eigenvalue weighted by Gasteiger charge is -2.31. The predicted octanol–water partition coefficient (Wildman–Crippen LogP) is 4.88. The molecule has 0 radical (unpaired) electrons. The summed E-state index contributed by atoms with van der Waals surface area (Å²) >= 11 is 0. The highest BCUT2D eigenvalue weighted by Crippen LogP contribution is 2.49. The van der Waals surface area contributed by atoms with Gasteiger partial charge in [0.1, 0.15) is 11.4 Å². The molecule has 0 amide bonds. The van der Waals surface area contributed by atoms with Crippen molar-refractivity contribution in [2.45, 2.75) is 64.3 Å². The van der Waals surface area contributed by atoms with Crippen LogP contribution in [0.2, 0.25) is 0 Å². The van der Waals surface area contributed by atoms with Crippen molar-refractivity contribution in [1.29, 1.82) is 0 Å². The van der Waals surface area contributed by atoms with Crippen LogP contribution >= 0.6 is 0 Å². The van der Waals surface area contributed by atoms with Crippen LogP contribution in [-0.4, -0.2) is 41.7 Å². The van der Waals surface area contributed by atoms with Crippen molar-refractivity contribution in [2.24, 2.45) is 11.8 Å². The molecule has 32 heavy (non-hydrogen) atoms. The van der Waals surface area contributed by atoms with Crippen molar-refractivity contribution in [3.8, 4) is 0 Å². The van der Waals surface area contributed by atoms with Gasteiger partial charge in [-0.1, -0.05) is 26.7 Å². The van der Waals surface area contributed by atoms with Gasteiger partial charge in [-0.2, -0.15) is 0 Å². The van der Waals surface area contributed by atoms with Crippen LogP contribution in [-0.2, 0) is 4.74 Å². The largest absolute Gasteiger partial charge is 0.462 e. The number of carbonyl (C=O) groups excluding carboxylic acids is 1. The number of aromatic nitrogens is 1. The highest BCUT2D eigenvalue weighted by atomic mass is 19.1. The second kappa shape index (κ2) is 8.62. The minimum Gasteiger partial charge on any atom is -0.462 e. The maximum Gasteiger partial charge on any atom is 0.343 e. The molecule has 2 fully saturated rings. The molecule has 3 heterocycles. The van der Waals surface area contributed by atoms with Crippen LogP contribution in [0.1, 0.15) is 80.3 Å². The minimum atomic E-state index is -0.593. The lowest BCUT2D eigenvalue weighted by Crippen LogP contribution is -2.37. The van der Waals surface area contributed by atoms with E-state index in [0.29, 0.717) is 5.39 Å². The molecule has 1 aromatic heterocycles. The summed E-state index contributed by atoms with van der Waals surface area (Å²) in [4.78, 5) is 28.5. The molecule has 3 aliphatic rings. The normalized spacial score (nSPS) is 24.5. The van der Waals surface area contributed by atoms with Crippen molar-refractivity contribution in [2.75, 3.05) is 26.2 Å². The molecular weight excluding hydrogens is 407 g/mol. The Morgan fingerprint density at radius 3 is 2.72 bits per heavy atom. The standard InChI is InChI=1S/C26H33FN2O3/c1-16-7-9-28(10-8-16)13-17(2)15-32-26(31)22-14-29-23-6-4-3-5-19(23)20-11-18(27)12-21(24(20)29)25(22)30/h11-12,14,16-17,19,23H,3-10,13,15H2,1-2H3. The van der Waals surface area contributed by atoms with Crippen LogP contribution in [0, 0.1) is 17.7 Å². The van der Waals surface area contributed by atoms with Gasteiger partial charge in [0.25, 0.3) is 0 Å². The number of esters is 1. The van der Waals surface area contributed by atoms with Gasteiger partial charge in [0.05, 0.1) is 12.1 Å². The number of hydrogen-bond acceptors (Lipinski definition) is 4. The first kappa shape index (κ1) is 21.6. The Morgan fingerprint density at radius 2 is 1.94 bits per heavy atom. The van der Waals surface area contributed by atoms with Crippen LogP contribution < -0.4 is 5.43 Å². The number of benzene rings is 1. The molecule has 2 aliphatic heterocycles. The van der Waals surface area contributed by atoms with E-state index in [0.717, 1.165) is 62.3 Å². The van der Waals surface area contributed by atoms with E-state index in [4.69, 9.17) is 4.74 Å². The van der Waals surface area contributed by atoms with Crippen LogP contribution in [0.3, 0.4) is 0 Å². The quantitative estimate of drug-likeness (QED) is 0.622. The number of likely N-dealkylation sites (tertiary alicyclic amines) is 1. The predicted molar refractivity (Wildman–Crippen MR) is 123 cm³/mol. The molecule has 0 N–H and O–H groups in total. The number of hydrogen-bond donors (Lipinski definition) is 0. The van der Waals surface area contributed by atoms with E-state index in [1.165, 1.54) is 18.9 Å². The van der Waals surface area contributed by atoms with Crippen LogP contribution in [0.15, 0.2) is 23.1 Å². The summed E-state index contributed by atoms with van der Waals surface area (Å²) in [5.74, 6) is 0.200. The molecule has 1 saturated carbocycles. The highest BCUT2D eigenvalue weighted by Gasteiger charge is 2.37. The fourth-order valence-electron chi connectivity index (χ4n) is 6.02. The highest BCUT2D eigenvalue weighted by molar-refractivity contribution is 5.95. The molecule has 2 aromatic rings. The first-order valence-electron chi connectivity index (χ1n) is 12.2. The van der Waals surface area contributed by atoms with Crippen LogP contribution in [0.4, 0.5) is 4.39 Å². The van der Waals surface area contributed by atoms with E-state index in [-0.39, 0.29) is 30.0 Å². The van der Waals surface area contributed by atoms with E-state index < -0.39 is 17.2 Å². The molecule has 6 heteroatoms. The molecule has 1 saturated heterocycles. The zero-order valence-electron chi connectivity index (χ0n) is 19.1. The van der Waals surface area contributed by atoms with Gasteiger partial charge < -0.3 is 14.2 Å².